The molecule has 2 aromatic heterocycles. The fourth-order valence-corrected chi connectivity index (χ4v) is 1.74. The highest BCUT2D eigenvalue weighted by molar-refractivity contribution is 5.76. The Labute approximate surface area is 128 Å². The van der Waals surface area contributed by atoms with E-state index in [1.165, 1.54) is 0 Å². The third-order valence-corrected chi connectivity index (χ3v) is 3.25. The van der Waals surface area contributed by atoms with Crippen molar-refractivity contribution in [2.24, 2.45) is 5.92 Å². The highest BCUT2D eigenvalue weighted by atomic mass is 16.5. The van der Waals surface area contributed by atoms with Gasteiger partial charge in [-0.15, -0.1) is 0 Å². The second-order valence-electron chi connectivity index (χ2n) is 5.36. The molecule has 0 fully saturated rings. The van der Waals surface area contributed by atoms with E-state index in [1.807, 2.05) is 13.8 Å². The molecular formula is C15H20N4O3. The molecule has 1 amide bonds. The van der Waals surface area contributed by atoms with Crippen LogP contribution in [0.15, 0.2) is 29.0 Å². The summed E-state index contributed by atoms with van der Waals surface area (Å²) in [5, 5.41) is 16.2. The molecule has 2 aromatic rings. The summed E-state index contributed by atoms with van der Waals surface area (Å²) in [6.07, 6.45) is 3.37. The highest BCUT2D eigenvalue weighted by Crippen LogP contribution is 2.14. The van der Waals surface area contributed by atoms with E-state index in [9.17, 15) is 9.90 Å². The first-order chi connectivity index (χ1) is 10.6. The van der Waals surface area contributed by atoms with E-state index >= 15 is 0 Å². The van der Waals surface area contributed by atoms with E-state index in [0.29, 0.717) is 18.1 Å². The Morgan fingerprint density at radius 2 is 2.09 bits per heavy atom. The molecule has 1 atom stereocenters. The van der Waals surface area contributed by atoms with Gasteiger partial charge in [-0.3, -0.25) is 9.78 Å². The van der Waals surface area contributed by atoms with Gasteiger partial charge in [-0.05, 0) is 18.1 Å². The minimum absolute atomic E-state index is 0.110. The Morgan fingerprint density at radius 1 is 1.36 bits per heavy atom. The van der Waals surface area contributed by atoms with E-state index in [0.717, 1.165) is 5.56 Å². The number of carbonyl (C=O) groups excluding carboxylic acids is 1. The molecule has 2 rings (SSSR count). The molecule has 0 aliphatic carbocycles. The van der Waals surface area contributed by atoms with Crippen molar-refractivity contribution in [3.8, 4) is 11.4 Å². The molecule has 0 aromatic carbocycles. The smallest absolute Gasteiger partial charge is 0.227 e. The molecule has 1 unspecified atom stereocenters. The summed E-state index contributed by atoms with van der Waals surface area (Å²) < 4.78 is 5.12. The van der Waals surface area contributed by atoms with Crippen LogP contribution in [-0.4, -0.2) is 38.8 Å². The van der Waals surface area contributed by atoms with Crippen LogP contribution in [0.1, 0.15) is 26.2 Å². The standard InChI is InChI=1S/C15H20N4O3/c1-10(2)12(20)9-17-13(21)3-4-14-18-15(19-22-14)11-5-7-16-8-6-11/h5-8,10,12,20H,3-4,9H2,1-2H3,(H,17,21). The van der Waals surface area contributed by atoms with Crippen LogP contribution in [0, 0.1) is 5.92 Å². The second-order valence-corrected chi connectivity index (χ2v) is 5.36. The highest BCUT2D eigenvalue weighted by Gasteiger charge is 2.13. The Morgan fingerprint density at radius 3 is 2.77 bits per heavy atom. The Kier molecular flexibility index (Phi) is 5.60. The number of pyridine rings is 1. The SMILES string of the molecule is CC(C)C(O)CNC(=O)CCc1nc(-c2ccncc2)no1. The molecular weight excluding hydrogens is 284 g/mol. The molecule has 2 N–H and O–H groups in total. The van der Waals surface area contributed by atoms with Crippen molar-refractivity contribution < 1.29 is 14.4 Å². The van der Waals surface area contributed by atoms with Gasteiger partial charge in [-0.2, -0.15) is 4.98 Å². The quantitative estimate of drug-likeness (QED) is 0.797. The molecule has 7 heteroatoms. The molecule has 0 bridgehead atoms. The minimum Gasteiger partial charge on any atom is -0.391 e. The fraction of sp³-hybridized carbons (Fsp3) is 0.467. The monoisotopic (exact) mass is 304 g/mol. The lowest BCUT2D eigenvalue weighted by Gasteiger charge is -2.14. The number of amides is 1. The summed E-state index contributed by atoms with van der Waals surface area (Å²) in [5.74, 6) is 0.849. The number of nitrogens with zero attached hydrogens (tertiary/aromatic N) is 3. The zero-order valence-corrected chi connectivity index (χ0v) is 12.7. The Hall–Kier alpha value is -2.28. The molecule has 7 nitrogen and oxygen atoms in total. The average molecular weight is 304 g/mol. The topological polar surface area (TPSA) is 101 Å². The van der Waals surface area contributed by atoms with Crippen LogP contribution in [-0.2, 0) is 11.2 Å². The van der Waals surface area contributed by atoms with Crippen molar-refractivity contribution in [3.05, 3.63) is 30.4 Å². The van der Waals surface area contributed by atoms with Gasteiger partial charge in [0.05, 0.1) is 6.10 Å². The van der Waals surface area contributed by atoms with Crippen molar-refractivity contribution >= 4 is 5.91 Å². The van der Waals surface area contributed by atoms with Crippen LogP contribution < -0.4 is 5.32 Å². The molecule has 0 saturated heterocycles. The predicted molar refractivity (Wildman–Crippen MR) is 79.7 cm³/mol. The van der Waals surface area contributed by atoms with Crippen LogP contribution in [0.25, 0.3) is 11.4 Å². The van der Waals surface area contributed by atoms with Gasteiger partial charge in [-0.25, -0.2) is 0 Å². The summed E-state index contributed by atoms with van der Waals surface area (Å²) >= 11 is 0. The van der Waals surface area contributed by atoms with E-state index in [1.54, 1.807) is 24.5 Å². The largest absolute Gasteiger partial charge is 0.391 e. The van der Waals surface area contributed by atoms with Crippen LogP contribution >= 0.6 is 0 Å². The van der Waals surface area contributed by atoms with E-state index in [2.05, 4.69) is 20.4 Å². The first-order valence-corrected chi connectivity index (χ1v) is 7.24. The van der Waals surface area contributed by atoms with Crippen molar-refractivity contribution in [1.82, 2.24) is 20.4 Å². The third kappa shape index (κ3) is 4.63. The number of aliphatic hydroxyl groups is 1. The summed E-state index contributed by atoms with van der Waals surface area (Å²) in [6.45, 7) is 4.05. The lowest BCUT2D eigenvalue weighted by molar-refractivity contribution is -0.121. The van der Waals surface area contributed by atoms with Crippen LogP contribution in [0.2, 0.25) is 0 Å². The van der Waals surface area contributed by atoms with Crippen molar-refractivity contribution in [1.29, 1.82) is 0 Å². The number of aryl methyl sites for hydroxylation is 1. The van der Waals surface area contributed by atoms with E-state index < -0.39 is 6.10 Å². The molecule has 0 saturated carbocycles. The van der Waals surface area contributed by atoms with Crippen LogP contribution in [0.3, 0.4) is 0 Å². The van der Waals surface area contributed by atoms with Crippen LogP contribution in [0.4, 0.5) is 0 Å². The maximum atomic E-state index is 11.7. The Bertz CT molecular complexity index is 598. The normalized spacial score (nSPS) is 12.4. The van der Waals surface area contributed by atoms with Crippen molar-refractivity contribution in [2.45, 2.75) is 32.8 Å². The lowest BCUT2D eigenvalue weighted by Crippen LogP contribution is -2.34. The number of carbonyl (C=O) groups is 1. The number of aromatic nitrogens is 3. The zero-order valence-electron chi connectivity index (χ0n) is 12.7. The second kappa shape index (κ2) is 7.65. The maximum absolute atomic E-state index is 11.7. The van der Waals surface area contributed by atoms with Crippen LogP contribution in [0.5, 0.6) is 0 Å². The van der Waals surface area contributed by atoms with Gasteiger partial charge in [0.25, 0.3) is 0 Å². The molecule has 0 aliphatic rings. The molecule has 22 heavy (non-hydrogen) atoms. The summed E-state index contributed by atoms with van der Waals surface area (Å²) in [7, 11) is 0. The number of hydrogen-bond donors (Lipinski definition) is 2. The summed E-state index contributed by atoms with van der Waals surface area (Å²) in [6, 6.07) is 3.57. The van der Waals surface area contributed by atoms with Gasteiger partial charge < -0.3 is 14.9 Å². The summed E-state index contributed by atoms with van der Waals surface area (Å²) in [4.78, 5) is 19.9. The van der Waals surface area contributed by atoms with Gasteiger partial charge in [-0.1, -0.05) is 19.0 Å². The zero-order chi connectivity index (χ0) is 15.9. The van der Waals surface area contributed by atoms with Gasteiger partial charge in [0.15, 0.2) is 0 Å². The van der Waals surface area contributed by atoms with E-state index in [-0.39, 0.29) is 24.8 Å². The first kappa shape index (κ1) is 16.1. The Balaban J connectivity index is 1.80. The minimum atomic E-state index is -0.536. The average Bonchev–Trinajstić information content (AvgIpc) is 3.00. The molecule has 0 aliphatic heterocycles. The van der Waals surface area contributed by atoms with Gasteiger partial charge >= 0.3 is 0 Å². The number of rotatable bonds is 7. The fourth-order valence-electron chi connectivity index (χ4n) is 1.74. The number of aliphatic hydroxyl groups excluding tert-OH is 1. The summed E-state index contributed by atoms with van der Waals surface area (Å²) in [5.41, 5.74) is 0.814. The van der Waals surface area contributed by atoms with Gasteiger partial charge in [0.1, 0.15) is 0 Å². The van der Waals surface area contributed by atoms with Crippen molar-refractivity contribution in [2.75, 3.05) is 6.54 Å². The van der Waals surface area contributed by atoms with Crippen molar-refractivity contribution in [3.63, 3.8) is 0 Å². The molecule has 118 valence electrons. The van der Waals surface area contributed by atoms with Gasteiger partial charge in [0, 0.05) is 37.3 Å². The van der Waals surface area contributed by atoms with Gasteiger partial charge in [0.2, 0.25) is 17.6 Å². The maximum Gasteiger partial charge on any atom is 0.227 e. The number of nitrogens with one attached hydrogen (secondary N) is 1. The molecule has 2 heterocycles. The lowest BCUT2D eigenvalue weighted by atomic mass is 10.1. The predicted octanol–water partition coefficient (Wildman–Crippen LogP) is 1.20. The number of hydrogen-bond acceptors (Lipinski definition) is 6. The van der Waals surface area contributed by atoms with E-state index in [4.69, 9.17) is 4.52 Å². The molecule has 0 radical (unpaired) electrons. The first-order valence-electron chi connectivity index (χ1n) is 7.24. The molecule has 0 spiro atoms. The third-order valence-electron chi connectivity index (χ3n) is 3.25.